The standard InChI is InChI=1S/C29H30Cl2N2O3/c1-32(19-21-6-3-2-4-7-21)28(34)18-23-20-33(29(35)17-22-8-5-9-25(31)16-22)15-14-27(23)36-26-12-10-24(30)11-13-26/h2-13,16,23,27H,14-15,17-20H2,1H3/t23-,27-/m0/s1. The zero-order chi connectivity index (χ0) is 25.5. The molecule has 1 aliphatic heterocycles. The van der Waals surface area contributed by atoms with Gasteiger partial charge in [0.2, 0.25) is 11.8 Å². The average molecular weight is 525 g/mol. The second-order valence-electron chi connectivity index (χ2n) is 9.24. The van der Waals surface area contributed by atoms with Crippen molar-refractivity contribution in [2.24, 2.45) is 5.92 Å². The van der Waals surface area contributed by atoms with Gasteiger partial charge in [-0.25, -0.2) is 0 Å². The molecule has 0 aliphatic carbocycles. The molecule has 0 saturated carbocycles. The Hall–Kier alpha value is -3.02. The molecule has 7 heteroatoms. The van der Waals surface area contributed by atoms with Crippen LogP contribution in [0.1, 0.15) is 24.0 Å². The number of piperidine rings is 1. The van der Waals surface area contributed by atoms with E-state index >= 15 is 0 Å². The topological polar surface area (TPSA) is 49.9 Å². The highest BCUT2D eigenvalue weighted by atomic mass is 35.5. The predicted molar refractivity (Wildman–Crippen MR) is 143 cm³/mol. The Balaban J connectivity index is 1.45. The third-order valence-electron chi connectivity index (χ3n) is 6.49. The Bertz CT molecular complexity index is 1170. The maximum Gasteiger partial charge on any atom is 0.227 e. The lowest BCUT2D eigenvalue weighted by Gasteiger charge is -2.39. The zero-order valence-corrected chi connectivity index (χ0v) is 21.8. The van der Waals surface area contributed by atoms with Gasteiger partial charge in [-0.2, -0.15) is 0 Å². The Kier molecular flexibility index (Phi) is 8.89. The number of carbonyl (C=O) groups excluding carboxylic acids is 2. The number of nitrogens with zero attached hydrogens (tertiary/aromatic N) is 2. The highest BCUT2D eigenvalue weighted by Gasteiger charge is 2.35. The summed E-state index contributed by atoms with van der Waals surface area (Å²) < 4.78 is 6.30. The summed E-state index contributed by atoms with van der Waals surface area (Å²) in [5.74, 6) is 0.622. The molecule has 0 aromatic heterocycles. The molecular formula is C29H30Cl2N2O3. The molecule has 3 aromatic carbocycles. The smallest absolute Gasteiger partial charge is 0.227 e. The van der Waals surface area contributed by atoms with Crippen LogP contribution in [0.25, 0.3) is 0 Å². The number of hydrogen-bond acceptors (Lipinski definition) is 3. The lowest BCUT2D eigenvalue weighted by Crippen LogP contribution is -2.49. The third-order valence-corrected chi connectivity index (χ3v) is 6.97. The van der Waals surface area contributed by atoms with E-state index in [0.29, 0.717) is 48.3 Å². The number of rotatable bonds is 8. The molecule has 0 unspecified atom stereocenters. The van der Waals surface area contributed by atoms with E-state index in [1.165, 1.54) is 0 Å². The van der Waals surface area contributed by atoms with Crippen molar-refractivity contribution in [2.75, 3.05) is 20.1 Å². The minimum absolute atomic E-state index is 0.0253. The minimum Gasteiger partial charge on any atom is -0.490 e. The SMILES string of the molecule is CN(Cc1ccccc1)C(=O)C[C@H]1CN(C(=O)Cc2cccc(Cl)c2)CC[C@@H]1Oc1ccc(Cl)cc1. The Morgan fingerprint density at radius 1 is 0.944 bits per heavy atom. The van der Waals surface area contributed by atoms with Crippen molar-refractivity contribution < 1.29 is 14.3 Å². The largest absolute Gasteiger partial charge is 0.490 e. The van der Waals surface area contributed by atoms with E-state index in [4.69, 9.17) is 27.9 Å². The van der Waals surface area contributed by atoms with Crippen LogP contribution in [0, 0.1) is 5.92 Å². The van der Waals surface area contributed by atoms with Gasteiger partial charge < -0.3 is 14.5 Å². The van der Waals surface area contributed by atoms with Crippen LogP contribution in [-0.2, 0) is 22.6 Å². The molecule has 36 heavy (non-hydrogen) atoms. The monoisotopic (exact) mass is 524 g/mol. The van der Waals surface area contributed by atoms with Crippen LogP contribution in [0.15, 0.2) is 78.9 Å². The van der Waals surface area contributed by atoms with E-state index in [9.17, 15) is 9.59 Å². The van der Waals surface area contributed by atoms with Crippen molar-refractivity contribution in [1.82, 2.24) is 9.80 Å². The van der Waals surface area contributed by atoms with Crippen LogP contribution in [0.4, 0.5) is 0 Å². The molecule has 0 N–H and O–H groups in total. The second kappa shape index (κ2) is 12.3. The Morgan fingerprint density at radius 3 is 2.39 bits per heavy atom. The first-order valence-electron chi connectivity index (χ1n) is 12.1. The van der Waals surface area contributed by atoms with E-state index < -0.39 is 0 Å². The van der Waals surface area contributed by atoms with Crippen LogP contribution in [-0.4, -0.2) is 47.9 Å². The molecule has 0 bridgehead atoms. The molecule has 4 rings (SSSR count). The molecule has 1 heterocycles. The number of amides is 2. The number of carbonyl (C=O) groups is 2. The third kappa shape index (κ3) is 7.25. The van der Waals surface area contributed by atoms with Crippen LogP contribution in [0.3, 0.4) is 0 Å². The molecule has 0 spiro atoms. The zero-order valence-electron chi connectivity index (χ0n) is 20.3. The van der Waals surface area contributed by atoms with Crippen LogP contribution < -0.4 is 4.74 Å². The van der Waals surface area contributed by atoms with Gasteiger partial charge >= 0.3 is 0 Å². The minimum atomic E-state index is -0.185. The van der Waals surface area contributed by atoms with Gasteiger partial charge in [-0.05, 0) is 47.5 Å². The van der Waals surface area contributed by atoms with E-state index in [2.05, 4.69) is 0 Å². The lowest BCUT2D eigenvalue weighted by molar-refractivity contribution is -0.138. The molecule has 188 valence electrons. The van der Waals surface area contributed by atoms with Crippen molar-refractivity contribution in [2.45, 2.75) is 31.9 Å². The van der Waals surface area contributed by atoms with Gasteiger partial charge in [0.05, 0.1) is 6.42 Å². The molecule has 3 aromatic rings. The summed E-state index contributed by atoms with van der Waals surface area (Å²) in [6.45, 7) is 1.57. The van der Waals surface area contributed by atoms with Crippen molar-refractivity contribution in [3.05, 3.63) is 100 Å². The van der Waals surface area contributed by atoms with Crippen molar-refractivity contribution in [3.8, 4) is 5.75 Å². The Morgan fingerprint density at radius 2 is 1.67 bits per heavy atom. The van der Waals surface area contributed by atoms with E-state index in [1.54, 1.807) is 23.1 Å². The number of hydrogen-bond donors (Lipinski definition) is 0. The summed E-state index contributed by atoms with van der Waals surface area (Å²) in [6, 6.07) is 24.5. The Labute approximate surface area is 222 Å². The number of ether oxygens (including phenoxy) is 1. The average Bonchev–Trinajstić information content (AvgIpc) is 2.87. The normalized spacial score (nSPS) is 17.5. The number of benzene rings is 3. The van der Waals surface area contributed by atoms with Crippen LogP contribution >= 0.6 is 23.2 Å². The number of halogens is 2. The molecule has 5 nitrogen and oxygen atoms in total. The molecule has 2 amide bonds. The fourth-order valence-corrected chi connectivity index (χ4v) is 4.87. The van der Waals surface area contributed by atoms with Gasteiger partial charge in [0.15, 0.2) is 0 Å². The molecule has 2 atom stereocenters. The van der Waals surface area contributed by atoms with Crippen molar-refractivity contribution in [1.29, 1.82) is 0 Å². The first-order valence-corrected chi connectivity index (χ1v) is 12.9. The van der Waals surface area contributed by atoms with Gasteiger partial charge in [-0.15, -0.1) is 0 Å². The molecule has 1 saturated heterocycles. The molecule has 0 radical (unpaired) electrons. The van der Waals surface area contributed by atoms with E-state index in [0.717, 1.165) is 11.1 Å². The molecular weight excluding hydrogens is 495 g/mol. The van der Waals surface area contributed by atoms with Gasteiger partial charge in [0, 0.05) is 55.5 Å². The lowest BCUT2D eigenvalue weighted by atomic mass is 9.90. The predicted octanol–water partition coefficient (Wildman–Crippen LogP) is 5.88. The highest BCUT2D eigenvalue weighted by Crippen LogP contribution is 2.28. The fraction of sp³-hybridized carbons (Fsp3) is 0.310. The van der Waals surface area contributed by atoms with Crippen molar-refractivity contribution >= 4 is 35.0 Å². The fourth-order valence-electron chi connectivity index (χ4n) is 4.54. The first kappa shape index (κ1) is 26.1. The van der Waals surface area contributed by atoms with E-state index in [-0.39, 0.29) is 30.3 Å². The maximum atomic E-state index is 13.2. The van der Waals surface area contributed by atoms with Gasteiger partial charge in [0.25, 0.3) is 0 Å². The second-order valence-corrected chi connectivity index (χ2v) is 10.1. The summed E-state index contributed by atoms with van der Waals surface area (Å²) in [4.78, 5) is 29.9. The van der Waals surface area contributed by atoms with Crippen LogP contribution in [0.5, 0.6) is 5.75 Å². The first-order chi connectivity index (χ1) is 17.4. The summed E-state index contributed by atoms with van der Waals surface area (Å²) in [7, 11) is 1.81. The van der Waals surface area contributed by atoms with E-state index in [1.807, 2.05) is 72.6 Å². The molecule has 1 aliphatic rings. The van der Waals surface area contributed by atoms with Gasteiger partial charge in [0.1, 0.15) is 11.9 Å². The van der Waals surface area contributed by atoms with Gasteiger partial charge in [-0.1, -0.05) is 65.7 Å². The maximum absolute atomic E-state index is 13.2. The molecule has 1 fully saturated rings. The van der Waals surface area contributed by atoms with Crippen molar-refractivity contribution in [3.63, 3.8) is 0 Å². The summed E-state index contributed by atoms with van der Waals surface area (Å²) in [5, 5.41) is 1.25. The van der Waals surface area contributed by atoms with Crippen LogP contribution in [0.2, 0.25) is 10.0 Å². The summed E-state index contributed by atoms with van der Waals surface area (Å²) in [6.07, 6.45) is 1.03. The van der Waals surface area contributed by atoms with Gasteiger partial charge in [-0.3, -0.25) is 9.59 Å². The summed E-state index contributed by atoms with van der Waals surface area (Å²) in [5.41, 5.74) is 1.95. The quantitative estimate of drug-likeness (QED) is 0.369. The number of likely N-dealkylation sites (tertiary alicyclic amines) is 1. The highest BCUT2D eigenvalue weighted by molar-refractivity contribution is 6.30. The summed E-state index contributed by atoms with van der Waals surface area (Å²) >= 11 is 12.1.